The molecule has 0 radical (unpaired) electrons. The van der Waals surface area contributed by atoms with Gasteiger partial charge in [-0.2, -0.15) is 0 Å². The Bertz CT molecular complexity index is 608. The molecule has 2 amide bonds. The maximum absolute atomic E-state index is 12.7. The molecule has 0 aromatic heterocycles. The van der Waals surface area contributed by atoms with E-state index in [2.05, 4.69) is 26.6 Å². The van der Waals surface area contributed by atoms with Crippen molar-refractivity contribution in [2.75, 3.05) is 26.2 Å². The van der Waals surface area contributed by atoms with Gasteiger partial charge in [0.1, 0.15) is 0 Å². The molecule has 1 aromatic carbocycles. The van der Waals surface area contributed by atoms with Gasteiger partial charge in [-0.25, -0.2) is 0 Å². The molecule has 2 saturated heterocycles. The largest absolute Gasteiger partial charge is 0.354 e. The van der Waals surface area contributed by atoms with E-state index in [1.165, 1.54) is 0 Å². The van der Waals surface area contributed by atoms with Gasteiger partial charge < -0.3 is 15.5 Å². The van der Waals surface area contributed by atoms with Crippen molar-refractivity contribution in [2.24, 2.45) is 5.92 Å². The molecule has 7 heteroatoms. The van der Waals surface area contributed by atoms with E-state index in [1.54, 1.807) is 0 Å². The van der Waals surface area contributed by atoms with Crippen LogP contribution >= 0.6 is 28.3 Å². The summed E-state index contributed by atoms with van der Waals surface area (Å²) in [5.74, 6) is 0.494. The Balaban J connectivity index is 0.00000225. The number of rotatable bonds is 4. The number of carbonyl (C=O) groups excluding carboxylic acids is 2. The SMILES string of the molecule is Cl.O=C(NCC1CCCN(C(=O)c2ccccc2Br)C1)C1CCCN1. The standard InChI is InChI=1S/C18H24BrN3O2.ClH/c19-15-7-2-1-6-14(15)18(24)22-10-4-5-13(12-22)11-21-17(23)16-8-3-9-20-16;/h1-2,6-7,13,16,20H,3-5,8-12H2,(H,21,23);1H. The van der Waals surface area contributed by atoms with Gasteiger partial charge in [-0.05, 0) is 66.2 Å². The van der Waals surface area contributed by atoms with Crippen LogP contribution in [0.5, 0.6) is 0 Å². The minimum Gasteiger partial charge on any atom is -0.354 e. The van der Waals surface area contributed by atoms with E-state index in [4.69, 9.17) is 0 Å². The van der Waals surface area contributed by atoms with Gasteiger partial charge in [0.05, 0.1) is 11.6 Å². The van der Waals surface area contributed by atoms with Crippen molar-refractivity contribution in [1.82, 2.24) is 15.5 Å². The number of hydrogen-bond donors (Lipinski definition) is 2. The average molecular weight is 431 g/mol. The van der Waals surface area contributed by atoms with Gasteiger partial charge in [-0.1, -0.05) is 12.1 Å². The average Bonchev–Trinajstić information content (AvgIpc) is 3.14. The van der Waals surface area contributed by atoms with Gasteiger partial charge in [0.25, 0.3) is 5.91 Å². The predicted octanol–water partition coefficient (Wildman–Crippen LogP) is 2.59. The Morgan fingerprint density at radius 2 is 2.04 bits per heavy atom. The van der Waals surface area contributed by atoms with Crippen LogP contribution in [0.15, 0.2) is 28.7 Å². The molecule has 1 aromatic rings. The number of piperidine rings is 1. The van der Waals surface area contributed by atoms with Crippen LogP contribution < -0.4 is 10.6 Å². The second-order valence-electron chi connectivity index (χ2n) is 6.63. The van der Waals surface area contributed by atoms with Crippen LogP contribution in [0.3, 0.4) is 0 Å². The Morgan fingerprint density at radius 1 is 1.24 bits per heavy atom. The van der Waals surface area contributed by atoms with Crippen LogP contribution in [-0.2, 0) is 4.79 Å². The third kappa shape index (κ3) is 5.19. The number of halogens is 2. The fourth-order valence-electron chi connectivity index (χ4n) is 3.50. The van der Waals surface area contributed by atoms with E-state index in [9.17, 15) is 9.59 Å². The minimum absolute atomic E-state index is 0. The molecule has 2 heterocycles. The molecule has 2 atom stereocenters. The highest BCUT2D eigenvalue weighted by molar-refractivity contribution is 9.10. The molecule has 0 aliphatic carbocycles. The van der Waals surface area contributed by atoms with Gasteiger partial charge in [0.15, 0.2) is 0 Å². The molecule has 2 aliphatic heterocycles. The first kappa shape index (κ1) is 20.2. The second-order valence-corrected chi connectivity index (χ2v) is 7.49. The number of carbonyl (C=O) groups is 2. The van der Waals surface area contributed by atoms with E-state index in [1.807, 2.05) is 29.2 Å². The van der Waals surface area contributed by atoms with Crippen LogP contribution in [0.25, 0.3) is 0 Å². The summed E-state index contributed by atoms with van der Waals surface area (Å²) in [6, 6.07) is 7.50. The van der Waals surface area contributed by atoms with Crippen LogP contribution in [0, 0.1) is 5.92 Å². The number of nitrogens with zero attached hydrogens (tertiary/aromatic N) is 1. The molecule has 3 rings (SSSR count). The molecular formula is C18H25BrClN3O2. The highest BCUT2D eigenvalue weighted by Gasteiger charge is 2.27. The molecule has 0 spiro atoms. The normalized spacial score (nSPS) is 23.0. The van der Waals surface area contributed by atoms with Crippen molar-refractivity contribution in [1.29, 1.82) is 0 Å². The number of likely N-dealkylation sites (tertiary alicyclic amines) is 1. The molecule has 2 fully saturated rings. The van der Waals surface area contributed by atoms with Gasteiger partial charge in [-0.15, -0.1) is 12.4 Å². The summed E-state index contributed by atoms with van der Waals surface area (Å²) in [6.45, 7) is 3.07. The third-order valence-corrected chi connectivity index (χ3v) is 5.54. The molecular weight excluding hydrogens is 406 g/mol. The second kappa shape index (κ2) is 9.55. The van der Waals surface area contributed by atoms with Gasteiger partial charge in [0, 0.05) is 24.1 Å². The van der Waals surface area contributed by atoms with Crippen molar-refractivity contribution >= 4 is 40.2 Å². The fraction of sp³-hybridized carbons (Fsp3) is 0.556. The summed E-state index contributed by atoms with van der Waals surface area (Å²) in [5, 5.41) is 6.27. The third-order valence-electron chi connectivity index (χ3n) is 4.85. The summed E-state index contributed by atoms with van der Waals surface area (Å²) >= 11 is 3.45. The summed E-state index contributed by atoms with van der Waals surface area (Å²) < 4.78 is 0.831. The Hall–Kier alpha value is -1.11. The zero-order valence-corrected chi connectivity index (χ0v) is 16.6. The van der Waals surface area contributed by atoms with Crippen molar-refractivity contribution < 1.29 is 9.59 Å². The van der Waals surface area contributed by atoms with Crippen molar-refractivity contribution in [3.8, 4) is 0 Å². The van der Waals surface area contributed by atoms with E-state index >= 15 is 0 Å². The van der Waals surface area contributed by atoms with Crippen LogP contribution in [-0.4, -0.2) is 48.9 Å². The van der Waals surface area contributed by atoms with E-state index < -0.39 is 0 Å². The molecule has 0 bridgehead atoms. The Kier molecular flexibility index (Phi) is 7.72. The highest BCUT2D eigenvalue weighted by Crippen LogP contribution is 2.22. The summed E-state index contributed by atoms with van der Waals surface area (Å²) in [6.07, 6.45) is 4.02. The maximum atomic E-state index is 12.7. The first-order chi connectivity index (χ1) is 11.6. The first-order valence-corrected chi connectivity index (χ1v) is 9.49. The summed E-state index contributed by atoms with van der Waals surface area (Å²) in [5.41, 5.74) is 0.706. The lowest BCUT2D eigenvalue weighted by molar-refractivity contribution is -0.123. The van der Waals surface area contributed by atoms with Crippen molar-refractivity contribution in [3.05, 3.63) is 34.3 Å². The zero-order valence-electron chi connectivity index (χ0n) is 14.2. The lowest BCUT2D eigenvalue weighted by Crippen LogP contribution is -2.46. The molecule has 2 aliphatic rings. The maximum Gasteiger partial charge on any atom is 0.255 e. The van der Waals surface area contributed by atoms with Gasteiger partial charge in [-0.3, -0.25) is 9.59 Å². The van der Waals surface area contributed by atoms with Crippen LogP contribution in [0.2, 0.25) is 0 Å². The Labute approximate surface area is 163 Å². The number of nitrogens with one attached hydrogen (secondary N) is 2. The summed E-state index contributed by atoms with van der Waals surface area (Å²) in [4.78, 5) is 26.7. The first-order valence-electron chi connectivity index (χ1n) is 8.70. The van der Waals surface area contributed by atoms with E-state index in [0.29, 0.717) is 24.6 Å². The molecule has 2 N–H and O–H groups in total. The summed E-state index contributed by atoms with van der Waals surface area (Å²) in [7, 11) is 0. The van der Waals surface area contributed by atoms with E-state index in [0.717, 1.165) is 43.2 Å². The Morgan fingerprint density at radius 3 is 2.76 bits per heavy atom. The smallest absolute Gasteiger partial charge is 0.255 e. The number of hydrogen-bond acceptors (Lipinski definition) is 3. The molecule has 25 heavy (non-hydrogen) atoms. The van der Waals surface area contributed by atoms with Crippen LogP contribution in [0.1, 0.15) is 36.0 Å². The van der Waals surface area contributed by atoms with Gasteiger partial charge >= 0.3 is 0 Å². The molecule has 0 saturated carbocycles. The molecule has 5 nitrogen and oxygen atoms in total. The fourth-order valence-corrected chi connectivity index (χ4v) is 3.95. The predicted molar refractivity (Wildman–Crippen MR) is 104 cm³/mol. The van der Waals surface area contributed by atoms with Crippen molar-refractivity contribution in [2.45, 2.75) is 31.7 Å². The number of benzene rings is 1. The number of amides is 2. The van der Waals surface area contributed by atoms with E-state index in [-0.39, 0.29) is 30.3 Å². The minimum atomic E-state index is -0.0356. The molecule has 138 valence electrons. The highest BCUT2D eigenvalue weighted by atomic mass is 79.9. The topological polar surface area (TPSA) is 61.4 Å². The van der Waals surface area contributed by atoms with Gasteiger partial charge in [0.2, 0.25) is 5.91 Å². The van der Waals surface area contributed by atoms with Crippen molar-refractivity contribution in [3.63, 3.8) is 0 Å². The lowest BCUT2D eigenvalue weighted by Gasteiger charge is -2.33. The quantitative estimate of drug-likeness (QED) is 0.772. The lowest BCUT2D eigenvalue weighted by atomic mass is 9.97. The monoisotopic (exact) mass is 429 g/mol. The van der Waals surface area contributed by atoms with Crippen LogP contribution in [0.4, 0.5) is 0 Å². The zero-order chi connectivity index (χ0) is 16.9. The molecule has 2 unspecified atom stereocenters.